The highest BCUT2D eigenvalue weighted by molar-refractivity contribution is 6.73. The van der Waals surface area contributed by atoms with Crippen LogP contribution in [0.2, 0.25) is 0 Å². The first-order chi connectivity index (χ1) is 19.7. The smallest absolute Gasteiger partial charge is 0.197 e. The third-order valence-corrected chi connectivity index (χ3v) is 11.6. The van der Waals surface area contributed by atoms with E-state index in [0.29, 0.717) is 0 Å². The molecule has 0 saturated heterocycles. The van der Waals surface area contributed by atoms with E-state index < -0.39 is 0 Å². The molecule has 2 atom stereocenters. The average Bonchev–Trinajstić information content (AvgIpc) is 3.54. The van der Waals surface area contributed by atoms with Gasteiger partial charge in [0.1, 0.15) is 0 Å². The Hall–Kier alpha value is -3.72. The summed E-state index contributed by atoms with van der Waals surface area (Å²) in [5.74, 6) is 0. The lowest BCUT2D eigenvalue weighted by Crippen LogP contribution is -2.57. The Morgan fingerprint density at radius 1 is 0.780 bits per heavy atom. The maximum Gasteiger partial charge on any atom is 0.197 e. The van der Waals surface area contributed by atoms with Crippen LogP contribution in [0, 0.1) is 6.92 Å². The molecule has 1 fully saturated rings. The molecule has 4 aromatic carbocycles. The summed E-state index contributed by atoms with van der Waals surface area (Å²) in [4.78, 5) is 6.77. The van der Waals surface area contributed by atoms with Crippen molar-refractivity contribution < 1.29 is 0 Å². The lowest BCUT2D eigenvalue weighted by molar-refractivity contribution is 0.195. The minimum Gasteiger partial charge on any atom is -0.357 e. The van der Waals surface area contributed by atoms with Gasteiger partial charge in [-0.2, -0.15) is 0 Å². The summed E-state index contributed by atoms with van der Waals surface area (Å²) in [7, 11) is 2.48. The van der Waals surface area contributed by atoms with E-state index in [-0.39, 0.29) is 16.4 Å². The van der Waals surface area contributed by atoms with E-state index in [9.17, 15) is 0 Å². The topological polar surface area (TPSA) is 19.0 Å². The van der Waals surface area contributed by atoms with Crippen molar-refractivity contribution in [2.45, 2.75) is 76.7 Å². The second-order valence-corrected chi connectivity index (χ2v) is 14.1. The molecule has 2 aliphatic heterocycles. The van der Waals surface area contributed by atoms with E-state index in [1.54, 1.807) is 5.56 Å². The molecule has 1 saturated carbocycles. The fourth-order valence-corrected chi connectivity index (χ4v) is 9.35. The van der Waals surface area contributed by atoms with Crippen molar-refractivity contribution in [3.05, 3.63) is 95.2 Å². The minimum atomic E-state index is -0.0503. The molecule has 3 heterocycles. The van der Waals surface area contributed by atoms with Crippen LogP contribution in [0.1, 0.15) is 75.8 Å². The van der Waals surface area contributed by atoms with Gasteiger partial charge < -0.3 is 9.88 Å². The van der Waals surface area contributed by atoms with Crippen LogP contribution in [-0.4, -0.2) is 17.8 Å². The monoisotopic (exact) mass is 531 g/mol. The van der Waals surface area contributed by atoms with Gasteiger partial charge in [0.15, 0.2) is 7.28 Å². The molecule has 9 rings (SSSR count). The molecule has 1 N–H and O–H groups in total. The van der Waals surface area contributed by atoms with E-state index in [1.165, 1.54) is 98.0 Å². The first-order valence-corrected chi connectivity index (χ1v) is 15.4. The van der Waals surface area contributed by atoms with Gasteiger partial charge >= 0.3 is 0 Å². The van der Waals surface area contributed by atoms with Crippen LogP contribution in [-0.2, 0) is 10.8 Å². The molecular formula is C38H36BN2. The maximum absolute atomic E-state index is 3.99. The third-order valence-electron chi connectivity index (χ3n) is 11.6. The molecule has 0 spiro atoms. The van der Waals surface area contributed by atoms with Crippen molar-refractivity contribution >= 4 is 40.5 Å². The van der Waals surface area contributed by atoms with Crippen molar-refractivity contribution in [2.24, 2.45) is 0 Å². The summed E-state index contributed by atoms with van der Waals surface area (Å²) in [6.07, 6.45) is 5.11. The van der Waals surface area contributed by atoms with Crippen LogP contribution < -0.4 is 15.8 Å². The number of aromatic amines is 1. The number of aryl methyl sites for hydroxylation is 1. The zero-order valence-electron chi connectivity index (χ0n) is 24.8. The lowest BCUT2D eigenvalue weighted by Gasteiger charge is -2.51. The van der Waals surface area contributed by atoms with Crippen LogP contribution >= 0.6 is 0 Å². The summed E-state index contributed by atoms with van der Waals surface area (Å²) in [6, 6.07) is 27.8. The van der Waals surface area contributed by atoms with E-state index in [0.717, 1.165) is 0 Å². The number of nitrogens with one attached hydrogen (secondary N) is 1. The molecule has 1 aromatic heterocycles. The Bertz CT molecular complexity index is 1960. The van der Waals surface area contributed by atoms with Crippen molar-refractivity contribution in [3.63, 3.8) is 0 Å². The second-order valence-electron chi connectivity index (χ2n) is 14.1. The first-order valence-electron chi connectivity index (χ1n) is 15.4. The third kappa shape index (κ3) is 2.72. The van der Waals surface area contributed by atoms with Crippen molar-refractivity contribution in [1.82, 2.24) is 4.98 Å². The Morgan fingerprint density at radius 3 is 2.41 bits per heavy atom. The highest BCUT2D eigenvalue weighted by Crippen LogP contribution is 2.61. The van der Waals surface area contributed by atoms with E-state index in [1.807, 2.05) is 0 Å². The maximum atomic E-state index is 3.99. The molecule has 2 unspecified atom stereocenters. The van der Waals surface area contributed by atoms with Crippen molar-refractivity contribution in [1.29, 1.82) is 0 Å². The standard InChI is InChI=1S/C38H36BN2/c1-22-20-26(23-13-10-14-25-31-24-12-6-7-15-27(24)36(2,3)35(31)40-33(23)25)32-30(21-22)41-34-28(16-11-17-29(34)39-32)37(4)18-8-9-19-38(37,41)5/h6-7,10-17,20-21,40H,8-9,18-19H2,1-5H3. The first kappa shape index (κ1) is 23.9. The number of hydrogen-bond acceptors (Lipinski definition) is 1. The van der Waals surface area contributed by atoms with Crippen molar-refractivity contribution in [3.8, 4) is 22.3 Å². The molecule has 0 bridgehead atoms. The second kappa shape index (κ2) is 7.56. The zero-order chi connectivity index (χ0) is 27.9. The van der Waals surface area contributed by atoms with Gasteiger partial charge in [-0.05, 0) is 60.6 Å². The fourth-order valence-electron chi connectivity index (χ4n) is 9.35. The van der Waals surface area contributed by atoms with Gasteiger partial charge in [-0.25, -0.2) is 0 Å². The molecule has 3 heteroatoms. The summed E-state index contributed by atoms with van der Waals surface area (Å²) in [5.41, 5.74) is 18.0. The summed E-state index contributed by atoms with van der Waals surface area (Å²) in [6.45, 7) is 12.1. The molecule has 0 amide bonds. The largest absolute Gasteiger partial charge is 0.357 e. The Labute approximate surface area is 244 Å². The number of nitrogens with zero attached hydrogens (tertiary/aromatic N) is 1. The zero-order valence-corrected chi connectivity index (χ0v) is 24.8. The van der Waals surface area contributed by atoms with Gasteiger partial charge in [0.05, 0.1) is 11.1 Å². The number of aromatic nitrogens is 1. The van der Waals surface area contributed by atoms with E-state index in [2.05, 4.69) is 125 Å². The fraction of sp³-hybridized carbons (Fsp3) is 0.316. The van der Waals surface area contributed by atoms with Crippen LogP contribution in [0.3, 0.4) is 0 Å². The molecule has 201 valence electrons. The highest BCUT2D eigenvalue weighted by Gasteiger charge is 2.59. The number of H-pyrrole nitrogens is 1. The van der Waals surface area contributed by atoms with Gasteiger partial charge in [0, 0.05) is 44.4 Å². The van der Waals surface area contributed by atoms with Gasteiger partial charge in [-0.15, -0.1) is 0 Å². The molecule has 5 aromatic rings. The Kier molecular flexibility index (Phi) is 4.42. The predicted octanol–water partition coefficient (Wildman–Crippen LogP) is 8.16. The average molecular weight is 532 g/mol. The van der Waals surface area contributed by atoms with Gasteiger partial charge in [0.25, 0.3) is 0 Å². The lowest BCUT2D eigenvalue weighted by atomic mass is 9.58. The van der Waals surface area contributed by atoms with Gasteiger partial charge in [0.2, 0.25) is 0 Å². The molecule has 4 aliphatic rings. The molecular weight excluding hydrogens is 495 g/mol. The Morgan fingerprint density at radius 2 is 1.54 bits per heavy atom. The number of para-hydroxylation sites is 2. The van der Waals surface area contributed by atoms with Crippen LogP contribution in [0.15, 0.2) is 72.8 Å². The van der Waals surface area contributed by atoms with E-state index in [4.69, 9.17) is 0 Å². The quantitative estimate of drug-likeness (QED) is 0.216. The number of benzene rings is 4. The van der Waals surface area contributed by atoms with Gasteiger partial charge in [-0.3, -0.25) is 0 Å². The SMILES string of the molecule is Cc1cc(-c2cccc3c4c([nH]c23)C(C)(C)c2ccccc2-4)c2c(c1)N1c3c(cccc3C3(C)CCCCC13C)[B]2. The number of anilines is 2. The summed E-state index contributed by atoms with van der Waals surface area (Å²) < 4.78 is 0. The number of hydrogen-bond donors (Lipinski definition) is 1. The molecule has 1 radical (unpaired) electrons. The van der Waals surface area contributed by atoms with Crippen LogP contribution in [0.4, 0.5) is 11.4 Å². The van der Waals surface area contributed by atoms with Gasteiger partial charge in [-0.1, -0.05) is 111 Å². The van der Waals surface area contributed by atoms with Crippen LogP contribution in [0.25, 0.3) is 33.2 Å². The molecule has 2 aliphatic carbocycles. The number of fused-ring (bicyclic) bond motifs is 10. The Balaban J connectivity index is 1.31. The van der Waals surface area contributed by atoms with Crippen molar-refractivity contribution in [2.75, 3.05) is 4.90 Å². The summed E-state index contributed by atoms with van der Waals surface area (Å²) in [5, 5.41) is 1.33. The number of rotatable bonds is 1. The normalized spacial score (nSPS) is 24.4. The van der Waals surface area contributed by atoms with E-state index >= 15 is 0 Å². The van der Waals surface area contributed by atoms with Crippen LogP contribution in [0.5, 0.6) is 0 Å². The predicted molar refractivity (Wildman–Crippen MR) is 174 cm³/mol. The molecule has 2 nitrogen and oxygen atoms in total. The summed E-state index contributed by atoms with van der Waals surface area (Å²) >= 11 is 0. The highest BCUT2D eigenvalue weighted by atomic mass is 15.3. The minimum absolute atomic E-state index is 0.0503. The molecule has 41 heavy (non-hydrogen) atoms.